The fourth-order valence-corrected chi connectivity index (χ4v) is 4.64. The first-order valence-corrected chi connectivity index (χ1v) is 11.3. The summed E-state index contributed by atoms with van der Waals surface area (Å²) >= 11 is 0. The minimum Gasteiger partial charge on any atom is -0.368 e. The lowest BCUT2D eigenvalue weighted by molar-refractivity contribution is -0.361. The van der Waals surface area contributed by atoms with Gasteiger partial charge < -0.3 is 23.7 Å². The molecule has 0 aromatic heterocycles. The Morgan fingerprint density at radius 3 is 1.91 bits per heavy atom. The van der Waals surface area contributed by atoms with Crippen LogP contribution in [0, 0.1) is 0 Å². The first kappa shape index (κ1) is 21.0. The summed E-state index contributed by atoms with van der Waals surface area (Å²) in [5, 5.41) is 0. The monoisotopic (exact) mass is 446 g/mol. The van der Waals surface area contributed by atoms with Crippen molar-refractivity contribution in [2.75, 3.05) is 6.61 Å². The summed E-state index contributed by atoms with van der Waals surface area (Å²) < 4.78 is 37.9. The van der Waals surface area contributed by atoms with E-state index in [1.165, 1.54) is 0 Å². The normalized spacial score (nSPS) is 32.5. The van der Waals surface area contributed by atoms with Crippen molar-refractivity contribution < 1.29 is 28.4 Å². The van der Waals surface area contributed by atoms with Crippen LogP contribution in [0.4, 0.5) is 0 Å². The Labute approximate surface area is 192 Å². The standard InChI is InChI=1S/C27H26O6/c1-4-10-19(11-5-1)16-28-23-22-18-30-27(21-14-8-3-9-15-21)32-25(26(31-22)33-27)24(23)29-17-20-12-6-2-7-13-20/h1-15,22-26H,16-18H2/t22-,23-,24+,25+,26-,27?/m1/s1. The maximum Gasteiger partial charge on any atom is 0.314 e. The molecule has 0 radical (unpaired) electrons. The maximum atomic E-state index is 6.45. The Morgan fingerprint density at radius 2 is 1.27 bits per heavy atom. The zero-order chi connectivity index (χ0) is 22.1. The van der Waals surface area contributed by atoms with E-state index in [9.17, 15) is 0 Å². The van der Waals surface area contributed by atoms with Crippen LogP contribution in [0.5, 0.6) is 0 Å². The molecule has 3 bridgehead atoms. The summed E-state index contributed by atoms with van der Waals surface area (Å²) in [6.45, 7) is 1.15. The fraction of sp³-hybridized carbons (Fsp3) is 0.333. The van der Waals surface area contributed by atoms with Crippen LogP contribution in [0.1, 0.15) is 16.7 Å². The summed E-state index contributed by atoms with van der Waals surface area (Å²) in [4.78, 5) is 0. The van der Waals surface area contributed by atoms with Gasteiger partial charge in [-0.25, -0.2) is 0 Å². The molecular weight excluding hydrogens is 420 g/mol. The molecule has 6 rings (SSSR count). The van der Waals surface area contributed by atoms with Gasteiger partial charge in [-0.1, -0.05) is 91.0 Å². The summed E-state index contributed by atoms with van der Waals surface area (Å²) in [7, 11) is 0. The zero-order valence-corrected chi connectivity index (χ0v) is 18.1. The van der Waals surface area contributed by atoms with Gasteiger partial charge in [0.2, 0.25) is 0 Å². The Balaban J connectivity index is 1.28. The van der Waals surface area contributed by atoms with E-state index in [0.717, 1.165) is 16.7 Å². The second-order valence-corrected chi connectivity index (χ2v) is 8.50. The van der Waals surface area contributed by atoms with Crippen molar-refractivity contribution in [3.05, 3.63) is 108 Å². The highest BCUT2D eigenvalue weighted by molar-refractivity contribution is 5.21. The zero-order valence-electron chi connectivity index (χ0n) is 18.1. The molecule has 6 heteroatoms. The molecule has 33 heavy (non-hydrogen) atoms. The third-order valence-corrected chi connectivity index (χ3v) is 6.29. The van der Waals surface area contributed by atoms with E-state index >= 15 is 0 Å². The van der Waals surface area contributed by atoms with Crippen molar-refractivity contribution in [1.29, 1.82) is 0 Å². The van der Waals surface area contributed by atoms with Crippen molar-refractivity contribution in [3.8, 4) is 0 Å². The quantitative estimate of drug-likeness (QED) is 0.544. The Bertz CT molecular complexity index is 1040. The SMILES string of the molecule is c1ccc(CO[C@@H]2[C@@H]3OC4(c5ccccc5)OC[C@@H](O[C@@H]3O4)[C@H]2OCc2ccccc2)cc1. The van der Waals surface area contributed by atoms with Gasteiger partial charge in [0, 0.05) is 5.56 Å². The van der Waals surface area contributed by atoms with Crippen molar-refractivity contribution in [3.63, 3.8) is 0 Å². The number of benzene rings is 3. The molecule has 0 spiro atoms. The van der Waals surface area contributed by atoms with Gasteiger partial charge in [-0.05, 0) is 11.1 Å². The van der Waals surface area contributed by atoms with Gasteiger partial charge in [-0.2, -0.15) is 0 Å². The molecule has 0 saturated carbocycles. The molecule has 3 aromatic carbocycles. The number of hydrogen-bond donors (Lipinski definition) is 0. The summed E-state index contributed by atoms with van der Waals surface area (Å²) in [6, 6.07) is 29.9. The molecule has 6 atom stereocenters. The lowest BCUT2D eigenvalue weighted by atomic mass is 9.98. The predicted octanol–water partition coefficient (Wildman–Crippen LogP) is 4.14. The van der Waals surface area contributed by atoms with E-state index in [2.05, 4.69) is 0 Å². The molecular formula is C27H26O6. The van der Waals surface area contributed by atoms with Crippen molar-refractivity contribution in [1.82, 2.24) is 0 Å². The van der Waals surface area contributed by atoms with Gasteiger partial charge in [-0.3, -0.25) is 4.74 Å². The Kier molecular flexibility index (Phi) is 5.72. The molecule has 3 aromatic rings. The number of ether oxygens (including phenoxy) is 6. The molecule has 3 saturated heterocycles. The van der Waals surface area contributed by atoms with Crippen molar-refractivity contribution in [2.24, 2.45) is 0 Å². The van der Waals surface area contributed by atoms with Gasteiger partial charge in [0.05, 0.1) is 19.8 Å². The smallest absolute Gasteiger partial charge is 0.314 e. The molecule has 3 fully saturated rings. The highest BCUT2D eigenvalue weighted by atomic mass is 17.0. The topological polar surface area (TPSA) is 55.4 Å². The lowest BCUT2D eigenvalue weighted by Gasteiger charge is -2.43. The summed E-state index contributed by atoms with van der Waals surface area (Å²) in [5.74, 6) is -1.30. The van der Waals surface area contributed by atoms with Crippen LogP contribution in [0.25, 0.3) is 0 Å². The Morgan fingerprint density at radius 1 is 0.697 bits per heavy atom. The van der Waals surface area contributed by atoms with Crippen LogP contribution in [-0.4, -0.2) is 37.3 Å². The van der Waals surface area contributed by atoms with Crippen LogP contribution in [0.15, 0.2) is 91.0 Å². The molecule has 3 aliphatic rings. The molecule has 0 amide bonds. The van der Waals surface area contributed by atoms with Crippen molar-refractivity contribution >= 4 is 0 Å². The number of rotatable bonds is 7. The largest absolute Gasteiger partial charge is 0.368 e. The average molecular weight is 446 g/mol. The summed E-state index contributed by atoms with van der Waals surface area (Å²) in [5.41, 5.74) is 2.97. The number of fused-ring (bicyclic) bond motifs is 2. The molecule has 3 aliphatic heterocycles. The molecule has 0 N–H and O–H groups in total. The molecule has 170 valence electrons. The van der Waals surface area contributed by atoms with E-state index in [1.807, 2.05) is 91.0 Å². The Hall–Kier alpha value is -2.58. The third kappa shape index (κ3) is 4.10. The van der Waals surface area contributed by atoms with E-state index in [1.54, 1.807) is 0 Å². The summed E-state index contributed by atoms with van der Waals surface area (Å²) in [6.07, 6.45) is -2.19. The molecule has 0 aliphatic carbocycles. The van der Waals surface area contributed by atoms with Crippen LogP contribution >= 0.6 is 0 Å². The average Bonchev–Trinajstić information content (AvgIpc) is 3.16. The van der Waals surface area contributed by atoms with Gasteiger partial charge >= 0.3 is 5.97 Å². The first-order valence-electron chi connectivity index (χ1n) is 11.3. The lowest BCUT2D eigenvalue weighted by Crippen LogP contribution is -2.60. The fourth-order valence-electron chi connectivity index (χ4n) is 4.64. The van der Waals surface area contributed by atoms with Crippen molar-refractivity contribution in [2.45, 2.75) is 49.9 Å². The third-order valence-electron chi connectivity index (χ3n) is 6.29. The second kappa shape index (κ2) is 8.99. The second-order valence-electron chi connectivity index (χ2n) is 8.50. The van der Waals surface area contributed by atoms with Crippen LogP contribution in [0.2, 0.25) is 0 Å². The van der Waals surface area contributed by atoms with Gasteiger partial charge in [0.15, 0.2) is 6.29 Å². The molecule has 6 nitrogen and oxygen atoms in total. The van der Waals surface area contributed by atoms with E-state index in [4.69, 9.17) is 28.4 Å². The molecule has 3 heterocycles. The van der Waals surface area contributed by atoms with Gasteiger partial charge in [-0.15, -0.1) is 0 Å². The first-order chi connectivity index (χ1) is 16.3. The predicted molar refractivity (Wildman–Crippen MR) is 119 cm³/mol. The van der Waals surface area contributed by atoms with E-state index < -0.39 is 18.4 Å². The van der Waals surface area contributed by atoms with E-state index in [0.29, 0.717) is 13.2 Å². The van der Waals surface area contributed by atoms with Crippen LogP contribution in [-0.2, 0) is 47.6 Å². The minimum absolute atomic E-state index is 0.267. The van der Waals surface area contributed by atoms with Gasteiger partial charge in [0.25, 0.3) is 0 Å². The minimum atomic E-state index is -1.30. The number of hydrogen-bond acceptors (Lipinski definition) is 6. The maximum absolute atomic E-state index is 6.45. The molecule has 1 unspecified atom stereocenters. The highest BCUT2D eigenvalue weighted by Gasteiger charge is 2.62. The van der Waals surface area contributed by atoms with Crippen LogP contribution < -0.4 is 0 Å². The van der Waals surface area contributed by atoms with E-state index in [-0.39, 0.29) is 24.9 Å². The highest BCUT2D eigenvalue weighted by Crippen LogP contribution is 2.47. The van der Waals surface area contributed by atoms with Gasteiger partial charge in [0.1, 0.15) is 24.4 Å². The van der Waals surface area contributed by atoms with Crippen LogP contribution in [0.3, 0.4) is 0 Å².